The van der Waals surface area contributed by atoms with Gasteiger partial charge in [-0.3, -0.25) is 9.59 Å². The van der Waals surface area contributed by atoms with Crippen molar-refractivity contribution in [2.24, 2.45) is 5.92 Å². The van der Waals surface area contributed by atoms with E-state index in [1.165, 1.54) is 11.1 Å². The molecule has 0 radical (unpaired) electrons. The van der Waals surface area contributed by atoms with Crippen LogP contribution in [0, 0.1) is 19.8 Å². The minimum Gasteiger partial charge on any atom is -0.481 e. The second-order valence-corrected chi connectivity index (χ2v) is 6.02. The number of carbonyl (C=O) groups is 2. The molecule has 0 saturated carbocycles. The van der Waals surface area contributed by atoms with Crippen LogP contribution in [0.2, 0.25) is 0 Å². The first-order valence-electron chi connectivity index (χ1n) is 7.51. The number of benzene rings is 1. The molecule has 1 heterocycles. The summed E-state index contributed by atoms with van der Waals surface area (Å²) in [7, 11) is 0. The fraction of sp³-hybridized carbons (Fsp3) is 0.529. The third-order valence-electron chi connectivity index (χ3n) is 4.36. The maximum Gasteiger partial charge on any atom is 0.303 e. The Hall–Kier alpha value is -1.84. The Morgan fingerprint density at radius 2 is 1.86 bits per heavy atom. The molecule has 1 fully saturated rings. The highest BCUT2D eigenvalue weighted by Gasteiger charge is 2.24. The highest BCUT2D eigenvalue weighted by Crippen LogP contribution is 2.21. The lowest BCUT2D eigenvalue weighted by Gasteiger charge is -2.31. The second-order valence-electron chi connectivity index (χ2n) is 6.02. The summed E-state index contributed by atoms with van der Waals surface area (Å²) in [4.78, 5) is 24.9. The van der Waals surface area contributed by atoms with Crippen LogP contribution in [0.5, 0.6) is 0 Å². The molecule has 4 heteroatoms. The maximum absolute atomic E-state index is 12.3. The van der Waals surface area contributed by atoms with E-state index in [9.17, 15) is 9.59 Å². The van der Waals surface area contributed by atoms with Crippen molar-refractivity contribution in [1.82, 2.24) is 4.90 Å². The largest absolute Gasteiger partial charge is 0.481 e. The van der Waals surface area contributed by atoms with E-state index in [0.29, 0.717) is 19.5 Å². The summed E-state index contributed by atoms with van der Waals surface area (Å²) in [6, 6.07) is 6.14. The van der Waals surface area contributed by atoms with Gasteiger partial charge in [0.25, 0.3) is 0 Å². The number of aryl methyl sites for hydroxylation is 2. The van der Waals surface area contributed by atoms with Crippen LogP contribution >= 0.6 is 0 Å². The van der Waals surface area contributed by atoms with Gasteiger partial charge >= 0.3 is 5.97 Å². The molecule has 0 aliphatic carbocycles. The molecule has 21 heavy (non-hydrogen) atoms. The zero-order chi connectivity index (χ0) is 15.4. The topological polar surface area (TPSA) is 57.6 Å². The SMILES string of the molecule is Cc1ccc(CC(=O)N2CCC(CC(=O)O)CC2)cc1C. The van der Waals surface area contributed by atoms with E-state index in [0.717, 1.165) is 18.4 Å². The third kappa shape index (κ3) is 4.31. The van der Waals surface area contributed by atoms with Gasteiger partial charge in [0.15, 0.2) is 0 Å². The van der Waals surface area contributed by atoms with Crippen LogP contribution in [-0.4, -0.2) is 35.0 Å². The van der Waals surface area contributed by atoms with Gasteiger partial charge in [0.05, 0.1) is 6.42 Å². The van der Waals surface area contributed by atoms with Gasteiger partial charge in [0.1, 0.15) is 0 Å². The van der Waals surface area contributed by atoms with Gasteiger partial charge in [-0.15, -0.1) is 0 Å². The summed E-state index contributed by atoms with van der Waals surface area (Å²) in [5.74, 6) is -0.380. The van der Waals surface area contributed by atoms with Crippen molar-refractivity contribution in [2.75, 3.05) is 13.1 Å². The van der Waals surface area contributed by atoms with Crippen molar-refractivity contribution in [3.8, 4) is 0 Å². The van der Waals surface area contributed by atoms with Gasteiger partial charge in [-0.05, 0) is 49.3 Å². The van der Waals surface area contributed by atoms with Crippen molar-refractivity contribution in [2.45, 2.75) is 39.5 Å². The van der Waals surface area contributed by atoms with Crippen LogP contribution in [0.4, 0.5) is 0 Å². The molecule has 0 spiro atoms. The molecule has 1 N–H and O–H groups in total. The standard InChI is InChI=1S/C17H23NO3/c1-12-3-4-15(9-13(12)2)10-16(19)18-7-5-14(6-8-18)11-17(20)21/h3-4,9,14H,5-8,10-11H2,1-2H3,(H,20,21). The van der Waals surface area contributed by atoms with E-state index in [4.69, 9.17) is 5.11 Å². The number of nitrogens with zero attached hydrogens (tertiary/aromatic N) is 1. The summed E-state index contributed by atoms with van der Waals surface area (Å²) in [5, 5.41) is 8.80. The number of amides is 1. The third-order valence-corrected chi connectivity index (χ3v) is 4.36. The number of hydrogen-bond donors (Lipinski definition) is 1. The lowest BCUT2D eigenvalue weighted by molar-refractivity contribution is -0.138. The Balaban J connectivity index is 1.87. The molecular weight excluding hydrogens is 266 g/mol. The van der Waals surface area contributed by atoms with Crippen molar-refractivity contribution in [3.05, 3.63) is 34.9 Å². The number of carboxylic acid groups (broad SMARTS) is 1. The number of piperidine rings is 1. The molecule has 1 aromatic rings. The molecule has 4 nitrogen and oxygen atoms in total. The number of carboxylic acids is 1. The van der Waals surface area contributed by atoms with Gasteiger partial charge in [-0.25, -0.2) is 0 Å². The Kier molecular flexibility index (Phi) is 4.99. The van der Waals surface area contributed by atoms with Crippen molar-refractivity contribution < 1.29 is 14.7 Å². The van der Waals surface area contributed by atoms with E-state index >= 15 is 0 Å². The van der Waals surface area contributed by atoms with Crippen LogP contribution in [0.25, 0.3) is 0 Å². The average Bonchev–Trinajstić information content (AvgIpc) is 2.43. The number of hydrogen-bond acceptors (Lipinski definition) is 2. The van der Waals surface area contributed by atoms with Crippen molar-refractivity contribution in [1.29, 1.82) is 0 Å². The van der Waals surface area contributed by atoms with Gasteiger partial charge in [-0.2, -0.15) is 0 Å². The molecule has 0 aromatic heterocycles. The maximum atomic E-state index is 12.3. The van der Waals surface area contributed by atoms with Crippen LogP contribution in [0.15, 0.2) is 18.2 Å². The van der Waals surface area contributed by atoms with Crippen molar-refractivity contribution >= 4 is 11.9 Å². The molecule has 1 aliphatic heterocycles. The molecular formula is C17H23NO3. The minimum absolute atomic E-state index is 0.145. The van der Waals surface area contributed by atoms with Gasteiger partial charge in [0, 0.05) is 19.5 Å². The molecule has 1 aromatic carbocycles. The molecule has 1 amide bonds. The first kappa shape index (κ1) is 15.5. The zero-order valence-corrected chi connectivity index (χ0v) is 12.8. The van der Waals surface area contributed by atoms with Crippen LogP contribution < -0.4 is 0 Å². The predicted molar refractivity (Wildman–Crippen MR) is 81.2 cm³/mol. The Morgan fingerprint density at radius 1 is 1.19 bits per heavy atom. The van der Waals surface area contributed by atoms with Crippen LogP contribution in [0.1, 0.15) is 36.0 Å². The van der Waals surface area contributed by atoms with E-state index < -0.39 is 5.97 Å². The summed E-state index contributed by atoms with van der Waals surface area (Å²) in [6.07, 6.45) is 2.25. The monoisotopic (exact) mass is 289 g/mol. The van der Waals surface area contributed by atoms with E-state index in [2.05, 4.69) is 26.0 Å². The Bertz CT molecular complexity index is 531. The predicted octanol–water partition coefficient (Wildman–Crippen LogP) is 2.56. The van der Waals surface area contributed by atoms with Crippen LogP contribution in [-0.2, 0) is 16.0 Å². The first-order valence-corrected chi connectivity index (χ1v) is 7.51. The fourth-order valence-electron chi connectivity index (χ4n) is 2.83. The Morgan fingerprint density at radius 3 is 2.43 bits per heavy atom. The lowest BCUT2D eigenvalue weighted by Crippen LogP contribution is -2.39. The first-order chi connectivity index (χ1) is 9.95. The number of carbonyl (C=O) groups excluding carboxylic acids is 1. The molecule has 1 saturated heterocycles. The quantitative estimate of drug-likeness (QED) is 0.926. The lowest BCUT2D eigenvalue weighted by atomic mass is 9.93. The highest BCUT2D eigenvalue weighted by atomic mass is 16.4. The van der Waals surface area contributed by atoms with E-state index in [1.807, 2.05) is 11.0 Å². The molecule has 0 atom stereocenters. The summed E-state index contributed by atoms with van der Waals surface area (Å²) >= 11 is 0. The van der Waals surface area contributed by atoms with Gasteiger partial charge in [0.2, 0.25) is 5.91 Å². The Labute approximate surface area is 125 Å². The van der Waals surface area contributed by atoms with Gasteiger partial charge < -0.3 is 10.0 Å². The smallest absolute Gasteiger partial charge is 0.303 e. The van der Waals surface area contributed by atoms with E-state index in [1.54, 1.807) is 0 Å². The molecule has 2 rings (SSSR count). The zero-order valence-electron chi connectivity index (χ0n) is 12.8. The minimum atomic E-state index is -0.741. The number of likely N-dealkylation sites (tertiary alicyclic amines) is 1. The average molecular weight is 289 g/mol. The summed E-state index contributed by atoms with van der Waals surface area (Å²) < 4.78 is 0. The normalized spacial score (nSPS) is 16.0. The van der Waals surface area contributed by atoms with Crippen LogP contribution in [0.3, 0.4) is 0 Å². The number of aliphatic carboxylic acids is 1. The number of rotatable bonds is 4. The fourth-order valence-corrected chi connectivity index (χ4v) is 2.83. The summed E-state index contributed by atoms with van der Waals surface area (Å²) in [5.41, 5.74) is 3.50. The van der Waals surface area contributed by atoms with Crippen molar-refractivity contribution in [3.63, 3.8) is 0 Å². The second kappa shape index (κ2) is 6.74. The highest BCUT2D eigenvalue weighted by molar-refractivity contribution is 5.79. The molecule has 0 bridgehead atoms. The molecule has 114 valence electrons. The molecule has 0 unspecified atom stereocenters. The van der Waals surface area contributed by atoms with Gasteiger partial charge in [-0.1, -0.05) is 18.2 Å². The molecule has 1 aliphatic rings. The summed E-state index contributed by atoms with van der Waals surface area (Å²) in [6.45, 7) is 5.48. The van der Waals surface area contributed by atoms with E-state index in [-0.39, 0.29) is 18.2 Å².